The largest absolute Gasteiger partial charge is 0.505 e. The van der Waals surface area contributed by atoms with Crippen LogP contribution in [0.4, 0.5) is 4.39 Å². The van der Waals surface area contributed by atoms with Gasteiger partial charge in [-0.1, -0.05) is 24.9 Å². The van der Waals surface area contributed by atoms with Gasteiger partial charge in [0.15, 0.2) is 11.6 Å². The summed E-state index contributed by atoms with van der Waals surface area (Å²) in [5, 5.41) is 9.66. The van der Waals surface area contributed by atoms with Crippen LogP contribution >= 0.6 is 24.0 Å². The summed E-state index contributed by atoms with van der Waals surface area (Å²) < 4.78 is 13.1. The van der Waals surface area contributed by atoms with E-state index in [1.54, 1.807) is 0 Å². The lowest BCUT2D eigenvalue weighted by atomic mass is 10.0. The molecule has 0 aliphatic carbocycles. The molecule has 0 radical (unpaired) electrons. The molecule has 0 aliphatic heterocycles. The predicted octanol–water partition coefficient (Wildman–Crippen LogP) is 3.41. The first kappa shape index (κ1) is 14.5. The molecular weight excluding hydrogens is 240 g/mol. The maximum atomic E-state index is 13.1. The van der Waals surface area contributed by atoms with Crippen molar-refractivity contribution < 1.29 is 9.50 Å². The Kier molecular flexibility index (Phi) is 5.95. The standard InChI is InChI=1S/C10H13ClFNO.ClH/c1-2-3-9(13)7-4-6(11)5-8(12)10(7)14;/h4-5,9,14H,2-3,13H2,1H3;1H/t9-;/m0./s1. The van der Waals surface area contributed by atoms with Gasteiger partial charge in [-0.3, -0.25) is 0 Å². The zero-order valence-corrected chi connectivity index (χ0v) is 9.91. The van der Waals surface area contributed by atoms with Crippen LogP contribution in [0, 0.1) is 5.82 Å². The molecule has 1 atom stereocenters. The monoisotopic (exact) mass is 253 g/mol. The van der Waals surface area contributed by atoms with Crippen molar-refractivity contribution in [2.24, 2.45) is 5.73 Å². The molecule has 1 aromatic carbocycles. The Morgan fingerprint density at radius 1 is 1.53 bits per heavy atom. The van der Waals surface area contributed by atoms with Crippen molar-refractivity contribution in [1.82, 2.24) is 0 Å². The number of phenolic OH excluding ortho intramolecular Hbond substituents is 1. The molecule has 0 unspecified atom stereocenters. The third-order valence-electron chi connectivity index (χ3n) is 2.06. The molecule has 0 heterocycles. The quantitative estimate of drug-likeness (QED) is 0.868. The van der Waals surface area contributed by atoms with Gasteiger partial charge in [0.25, 0.3) is 0 Å². The van der Waals surface area contributed by atoms with Gasteiger partial charge in [-0.25, -0.2) is 4.39 Å². The first-order valence-corrected chi connectivity index (χ1v) is 4.87. The Morgan fingerprint density at radius 2 is 2.13 bits per heavy atom. The second kappa shape index (κ2) is 6.16. The highest BCUT2D eigenvalue weighted by Crippen LogP contribution is 2.31. The fraction of sp³-hybridized carbons (Fsp3) is 0.400. The topological polar surface area (TPSA) is 46.2 Å². The number of benzene rings is 1. The summed E-state index contributed by atoms with van der Waals surface area (Å²) in [6.45, 7) is 1.97. The fourth-order valence-corrected chi connectivity index (χ4v) is 1.55. The van der Waals surface area contributed by atoms with Crippen LogP contribution in [-0.4, -0.2) is 5.11 Å². The van der Waals surface area contributed by atoms with E-state index in [9.17, 15) is 9.50 Å². The molecule has 2 nitrogen and oxygen atoms in total. The van der Waals surface area contributed by atoms with Crippen LogP contribution in [0.15, 0.2) is 12.1 Å². The molecule has 0 spiro atoms. The van der Waals surface area contributed by atoms with Gasteiger partial charge in [0, 0.05) is 16.6 Å². The van der Waals surface area contributed by atoms with E-state index in [0.717, 1.165) is 12.5 Å². The van der Waals surface area contributed by atoms with Crippen molar-refractivity contribution >= 4 is 24.0 Å². The van der Waals surface area contributed by atoms with Crippen LogP contribution in [-0.2, 0) is 0 Å². The number of nitrogens with two attached hydrogens (primary N) is 1. The minimum atomic E-state index is -0.723. The summed E-state index contributed by atoms with van der Waals surface area (Å²) in [6.07, 6.45) is 1.56. The van der Waals surface area contributed by atoms with Gasteiger partial charge in [0.05, 0.1) is 0 Å². The average molecular weight is 254 g/mol. The fourth-order valence-electron chi connectivity index (χ4n) is 1.34. The molecule has 3 N–H and O–H groups in total. The van der Waals surface area contributed by atoms with E-state index in [-0.39, 0.29) is 23.5 Å². The molecule has 1 aromatic rings. The highest BCUT2D eigenvalue weighted by atomic mass is 35.5. The first-order valence-electron chi connectivity index (χ1n) is 4.49. The summed E-state index contributed by atoms with van der Waals surface area (Å²) in [5.74, 6) is -1.12. The van der Waals surface area contributed by atoms with Gasteiger partial charge in [-0.2, -0.15) is 0 Å². The van der Waals surface area contributed by atoms with E-state index in [1.807, 2.05) is 6.92 Å². The highest BCUT2D eigenvalue weighted by molar-refractivity contribution is 6.30. The van der Waals surface area contributed by atoms with Crippen LogP contribution < -0.4 is 5.73 Å². The molecule has 5 heteroatoms. The van der Waals surface area contributed by atoms with E-state index in [0.29, 0.717) is 12.0 Å². The summed E-state index contributed by atoms with van der Waals surface area (Å²) in [5.41, 5.74) is 6.13. The highest BCUT2D eigenvalue weighted by Gasteiger charge is 2.14. The number of hydrogen-bond donors (Lipinski definition) is 2. The zero-order chi connectivity index (χ0) is 10.7. The van der Waals surface area contributed by atoms with Gasteiger partial charge in [0.1, 0.15) is 0 Å². The predicted molar refractivity (Wildman–Crippen MR) is 62.2 cm³/mol. The van der Waals surface area contributed by atoms with E-state index in [2.05, 4.69) is 0 Å². The molecule has 0 fully saturated rings. The number of aromatic hydroxyl groups is 1. The van der Waals surface area contributed by atoms with E-state index in [4.69, 9.17) is 17.3 Å². The van der Waals surface area contributed by atoms with Crippen molar-refractivity contribution in [3.63, 3.8) is 0 Å². The summed E-state index contributed by atoms with van der Waals surface area (Å²) in [4.78, 5) is 0. The molecule has 86 valence electrons. The van der Waals surface area contributed by atoms with Crippen molar-refractivity contribution in [3.8, 4) is 5.75 Å². The van der Waals surface area contributed by atoms with Crippen LogP contribution in [0.1, 0.15) is 31.4 Å². The summed E-state index contributed by atoms with van der Waals surface area (Å²) in [7, 11) is 0. The lowest BCUT2D eigenvalue weighted by Gasteiger charge is -2.13. The number of rotatable bonds is 3. The maximum Gasteiger partial charge on any atom is 0.166 e. The Labute approximate surface area is 99.6 Å². The third-order valence-corrected chi connectivity index (χ3v) is 2.28. The van der Waals surface area contributed by atoms with Gasteiger partial charge >= 0.3 is 0 Å². The van der Waals surface area contributed by atoms with Crippen molar-refractivity contribution in [3.05, 3.63) is 28.5 Å². The lowest BCUT2D eigenvalue weighted by Crippen LogP contribution is -2.10. The van der Waals surface area contributed by atoms with Gasteiger partial charge in [-0.05, 0) is 18.6 Å². The van der Waals surface area contributed by atoms with Crippen LogP contribution in [0.25, 0.3) is 0 Å². The van der Waals surface area contributed by atoms with Crippen molar-refractivity contribution in [2.75, 3.05) is 0 Å². The van der Waals surface area contributed by atoms with E-state index < -0.39 is 11.6 Å². The normalized spacial score (nSPS) is 12.0. The van der Waals surface area contributed by atoms with Gasteiger partial charge < -0.3 is 10.8 Å². The number of halogens is 3. The average Bonchev–Trinajstić information content (AvgIpc) is 2.11. The van der Waals surface area contributed by atoms with Gasteiger partial charge in [-0.15, -0.1) is 12.4 Å². The smallest absolute Gasteiger partial charge is 0.166 e. The number of hydrogen-bond acceptors (Lipinski definition) is 2. The molecule has 15 heavy (non-hydrogen) atoms. The maximum absolute atomic E-state index is 13.1. The van der Waals surface area contributed by atoms with Crippen molar-refractivity contribution in [1.29, 1.82) is 0 Å². The minimum absolute atomic E-state index is 0. The molecule has 0 saturated heterocycles. The zero-order valence-electron chi connectivity index (χ0n) is 8.34. The lowest BCUT2D eigenvalue weighted by molar-refractivity contribution is 0.418. The molecule has 0 saturated carbocycles. The van der Waals surface area contributed by atoms with Gasteiger partial charge in [0.2, 0.25) is 0 Å². The Bertz CT molecular complexity index is 333. The molecule has 1 rings (SSSR count). The third kappa shape index (κ3) is 3.52. The molecular formula is C10H14Cl2FNO. The summed E-state index contributed by atoms with van der Waals surface area (Å²) >= 11 is 5.66. The molecule has 0 amide bonds. The van der Waals surface area contributed by atoms with Crippen molar-refractivity contribution in [2.45, 2.75) is 25.8 Å². The molecule has 0 bridgehead atoms. The van der Waals surface area contributed by atoms with Crippen LogP contribution in [0.3, 0.4) is 0 Å². The SMILES string of the molecule is CCC[C@H](N)c1cc(Cl)cc(F)c1O.Cl. The summed E-state index contributed by atoms with van der Waals surface area (Å²) in [6, 6.07) is 2.20. The Balaban J connectivity index is 0.00000196. The molecule has 0 aliphatic rings. The van der Waals surface area contributed by atoms with E-state index >= 15 is 0 Å². The van der Waals surface area contributed by atoms with Crippen LogP contribution in [0.5, 0.6) is 5.75 Å². The Hall–Kier alpha value is -0.510. The van der Waals surface area contributed by atoms with E-state index in [1.165, 1.54) is 6.07 Å². The minimum Gasteiger partial charge on any atom is -0.505 e. The van der Waals surface area contributed by atoms with Crippen LogP contribution in [0.2, 0.25) is 5.02 Å². The second-order valence-corrected chi connectivity index (χ2v) is 3.66. The first-order chi connectivity index (χ1) is 6.56. The second-order valence-electron chi connectivity index (χ2n) is 3.22. The molecule has 0 aromatic heterocycles. The Morgan fingerprint density at radius 3 is 2.67 bits per heavy atom. The number of phenols is 1.